The molecule has 1 aromatic heterocycles. The average molecular weight is 290 g/mol. The third-order valence-electron chi connectivity index (χ3n) is 4.90. The summed E-state index contributed by atoms with van der Waals surface area (Å²) in [5, 5.41) is 4.55. The minimum atomic E-state index is -0.178. The molecule has 5 nitrogen and oxygen atoms in total. The first-order valence-electron chi connectivity index (χ1n) is 7.88. The van der Waals surface area contributed by atoms with Gasteiger partial charge in [0.05, 0.1) is 19.1 Å². The summed E-state index contributed by atoms with van der Waals surface area (Å²) in [6, 6.07) is 0.427. The van der Waals surface area contributed by atoms with Crippen molar-refractivity contribution in [2.24, 2.45) is 5.92 Å². The summed E-state index contributed by atoms with van der Waals surface area (Å²) >= 11 is 0. The molecule has 1 fully saturated rings. The third-order valence-corrected chi connectivity index (χ3v) is 4.90. The monoisotopic (exact) mass is 290 g/mol. The fraction of sp³-hybridized carbons (Fsp3) is 0.688. The lowest BCUT2D eigenvalue weighted by Gasteiger charge is -2.26. The van der Waals surface area contributed by atoms with E-state index in [0.717, 1.165) is 37.5 Å². The van der Waals surface area contributed by atoms with Gasteiger partial charge in [-0.1, -0.05) is 19.3 Å². The topological polar surface area (TPSA) is 61.2 Å². The number of methoxy groups -OCH3 is 1. The van der Waals surface area contributed by atoms with Gasteiger partial charge in [0.15, 0.2) is 6.29 Å². The quantitative estimate of drug-likeness (QED) is 0.634. The van der Waals surface area contributed by atoms with E-state index in [1.165, 1.54) is 32.1 Å². The van der Waals surface area contributed by atoms with Crippen LogP contribution in [0.2, 0.25) is 0 Å². The third kappa shape index (κ3) is 2.61. The maximum atomic E-state index is 11.7. The summed E-state index contributed by atoms with van der Waals surface area (Å²) in [6.45, 7) is 0. The van der Waals surface area contributed by atoms with E-state index in [0.29, 0.717) is 18.2 Å². The molecule has 1 atom stereocenters. The molecule has 0 bridgehead atoms. The average Bonchev–Trinajstić information content (AvgIpc) is 2.92. The summed E-state index contributed by atoms with van der Waals surface area (Å²) in [5.41, 5.74) is 2.66. The number of ether oxygens (including phenoxy) is 1. The maximum Gasteiger partial charge on any atom is 0.309 e. The van der Waals surface area contributed by atoms with Crippen LogP contribution in [0, 0.1) is 5.92 Å². The molecule has 2 aliphatic rings. The first kappa shape index (κ1) is 14.3. The Morgan fingerprint density at radius 3 is 2.71 bits per heavy atom. The van der Waals surface area contributed by atoms with Crippen molar-refractivity contribution in [1.29, 1.82) is 0 Å². The number of hydrogen-bond acceptors (Lipinski definition) is 4. The smallest absolute Gasteiger partial charge is 0.309 e. The van der Waals surface area contributed by atoms with E-state index >= 15 is 0 Å². The molecule has 0 N–H and O–H groups in total. The minimum Gasteiger partial charge on any atom is -0.469 e. The van der Waals surface area contributed by atoms with Gasteiger partial charge in [0.25, 0.3) is 0 Å². The zero-order chi connectivity index (χ0) is 14.8. The maximum absolute atomic E-state index is 11.7. The molecule has 2 aliphatic carbocycles. The van der Waals surface area contributed by atoms with Crippen LogP contribution in [-0.2, 0) is 22.4 Å². The van der Waals surface area contributed by atoms with Crippen molar-refractivity contribution in [2.75, 3.05) is 7.11 Å². The Balaban J connectivity index is 1.90. The molecule has 1 heterocycles. The van der Waals surface area contributed by atoms with Crippen LogP contribution in [0.1, 0.15) is 66.3 Å². The molecule has 0 saturated heterocycles. The molecule has 0 spiro atoms. The van der Waals surface area contributed by atoms with E-state index in [9.17, 15) is 9.59 Å². The summed E-state index contributed by atoms with van der Waals surface area (Å²) in [7, 11) is 1.42. The van der Waals surface area contributed by atoms with Gasteiger partial charge in [-0.25, -0.2) is 0 Å². The van der Waals surface area contributed by atoms with Gasteiger partial charge in [-0.05, 0) is 32.1 Å². The van der Waals surface area contributed by atoms with Crippen LogP contribution < -0.4 is 0 Å². The fourth-order valence-electron chi connectivity index (χ4n) is 3.76. The second-order valence-corrected chi connectivity index (χ2v) is 6.13. The number of aldehydes is 1. The number of carbonyl (C=O) groups is 2. The number of nitrogens with zero attached hydrogens (tertiary/aromatic N) is 2. The Morgan fingerprint density at radius 2 is 2.05 bits per heavy atom. The van der Waals surface area contributed by atoms with Crippen molar-refractivity contribution in [3.8, 4) is 0 Å². The summed E-state index contributed by atoms with van der Waals surface area (Å²) in [5.74, 6) is -0.312. The van der Waals surface area contributed by atoms with Gasteiger partial charge in [-0.2, -0.15) is 5.10 Å². The molecule has 1 aromatic rings. The van der Waals surface area contributed by atoms with Crippen LogP contribution in [0.25, 0.3) is 0 Å². The zero-order valence-electron chi connectivity index (χ0n) is 12.5. The number of aromatic nitrogens is 2. The van der Waals surface area contributed by atoms with Crippen LogP contribution in [0.4, 0.5) is 0 Å². The predicted molar refractivity (Wildman–Crippen MR) is 77.3 cm³/mol. The van der Waals surface area contributed by atoms with Crippen LogP contribution in [0.5, 0.6) is 0 Å². The lowest BCUT2D eigenvalue weighted by molar-refractivity contribution is -0.145. The number of hydrogen-bond donors (Lipinski definition) is 0. The molecule has 3 rings (SSSR count). The number of fused-ring (bicyclic) bond motifs is 1. The molecular formula is C16H22N2O3. The van der Waals surface area contributed by atoms with Crippen LogP contribution in [0.15, 0.2) is 0 Å². The van der Waals surface area contributed by atoms with Gasteiger partial charge in [-0.15, -0.1) is 0 Å². The highest BCUT2D eigenvalue weighted by Crippen LogP contribution is 2.34. The van der Waals surface area contributed by atoms with Crippen molar-refractivity contribution in [3.05, 3.63) is 17.0 Å². The van der Waals surface area contributed by atoms with Crippen molar-refractivity contribution >= 4 is 12.3 Å². The highest BCUT2D eigenvalue weighted by molar-refractivity contribution is 5.77. The lowest BCUT2D eigenvalue weighted by Crippen LogP contribution is -2.26. The van der Waals surface area contributed by atoms with Gasteiger partial charge in [0.2, 0.25) is 0 Å². The zero-order valence-corrected chi connectivity index (χ0v) is 12.5. The van der Waals surface area contributed by atoms with E-state index in [2.05, 4.69) is 9.78 Å². The number of carbonyl (C=O) groups excluding carboxylic acids is 2. The molecule has 0 amide bonds. The van der Waals surface area contributed by atoms with E-state index in [4.69, 9.17) is 4.74 Å². The van der Waals surface area contributed by atoms with Crippen molar-refractivity contribution in [3.63, 3.8) is 0 Å². The van der Waals surface area contributed by atoms with Gasteiger partial charge >= 0.3 is 5.97 Å². The van der Waals surface area contributed by atoms with Crippen LogP contribution >= 0.6 is 0 Å². The highest BCUT2D eigenvalue weighted by atomic mass is 16.5. The highest BCUT2D eigenvalue weighted by Gasteiger charge is 2.32. The van der Waals surface area contributed by atoms with Crippen molar-refractivity contribution < 1.29 is 14.3 Å². The predicted octanol–water partition coefficient (Wildman–Crippen LogP) is 2.48. The van der Waals surface area contributed by atoms with Gasteiger partial charge in [0, 0.05) is 11.3 Å². The molecule has 5 heteroatoms. The van der Waals surface area contributed by atoms with E-state index < -0.39 is 0 Å². The van der Waals surface area contributed by atoms with Crippen molar-refractivity contribution in [1.82, 2.24) is 9.78 Å². The van der Waals surface area contributed by atoms with Gasteiger partial charge in [-0.3, -0.25) is 14.3 Å². The molecule has 114 valence electrons. The first-order valence-corrected chi connectivity index (χ1v) is 7.88. The Bertz CT molecular complexity index is 544. The Labute approximate surface area is 124 Å². The van der Waals surface area contributed by atoms with E-state index in [-0.39, 0.29) is 11.9 Å². The largest absolute Gasteiger partial charge is 0.469 e. The Morgan fingerprint density at radius 1 is 1.29 bits per heavy atom. The first-order chi connectivity index (χ1) is 10.2. The minimum absolute atomic E-state index is 0.134. The SMILES string of the molecule is COC(=O)[C@H]1CCc2c(c(C=O)nn2C2CCCCC2)C1. The Kier molecular flexibility index (Phi) is 4.08. The molecule has 21 heavy (non-hydrogen) atoms. The van der Waals surface area contributed by atoms with Crippen molar-refractivity contribution in [2.45, 2.75) is 57.4 Å². The van der Waals surface area contributed by atoms with Gasteiger partial charge in [0.1, 0.15) is 5.69 Å². The van der Waals surface area contributed by atoms with E-state index in [1.54, 1.807) is 0 Å². The van der Waals surface area contributed by atoms with Crippen LogP contribution in [-0.4, -0.2) is 29.1 Å². The summed E-state index contributed by atoms with van der Waals surface area (Å²) in [4.78, 5) is 23.1. The van der Waals surface area contributed by atoms with Gasteiger partial charge < -0.3 is 4.74 Å². The lowest BCUT2D eigenvalue weighted by atomic mass is 9.86. The summed E-state index contributed by atoms with van der Waals surface area (Å²) in [6.07, 6.45) is 9.08. The van der Waals surface area contributed by atoms with Crippen LogP contribution in [0.3, 0.4) is 0 Å². The molecule has 0 unspecified atom stereocenters. The Hall–Kier alpha value is -1.65. The van der Waals surface area contributed by atoms with E-state index in [1.807, 2.05) is 0 Å². The summed E-state index contributed by atoms with van der Waals surface area (Å²) < 4.78 is 6.94. The number of esters is 1. The number of rotatable bonds is 3. The molecule has 1 saturated carbocycles. The molecule has 0 aliphatic heterocycles. The molecule has 0 radical (unpaired) electrons. The standard InChI is InChI=1S/C16H22N2O3/c1-21-16(20)11-7-8-15-13(9-11)14(10-19)17-18(15)12-5-3-2-4-6-12/h10-12H,2-9H2,1H3/t11-/m0/s1. The normalized spacial score (nSPS) is 22.6. The molecular weight excluding hydrogens is 268 g/mol. The molecule has 0 aromatic carbocycles. The fourth-order valence-corrected chi connectivity index (χ4v) is 3.76. The second-order valence-electron chi connectivity index (χ2n) is 6.13. The second kappa shape index (κ2) is 6.00.